The second-order valence-electron chi connectivity index (χ2n) is 14.4. The Labute approximate surface area is 350 Å². The normalized spacial score (nSPS) is 13.6. The second kappa shape index (κ2) is 22.2. The van der Waals surface area contributed by atoms with Crippen LogP contribution in [0.3, 0.4) is 0 Å². The smallest absolute Gasteiger partial charge is 0.283 e. The van der Waals surface area contributed by atoms with Crippen LogP contribution in [0.5, 0.6) is 0 Å². The average Bonchev–Trinajstić information content (AvgIpc) is 3.22. The Kier molecular flexibility index (Phi) is 17.2. The molecule has 290 valence electrons. The van der Waals surface area contributed by atoms with Gasteiger partial charge in [0.15, 0.2) is 0 Å². The van der Waals surface area contributed by atoms with Gasteiger partial charge in [-0.1, -0.05) is 131 Å². The predicted molar refractivity (Wildman–Crippen MR) is 237 cm³/mol. The standard InChI is InChI=1S/2C25H27N3.Fe/c2*1-18-8-12-22(13-9-18)20(3)26-16-24-6-5-7-25(28-24)17-27-21(4)23-14-10-19(2)11-15-23;/h2*5-17,20-21H,1-4H3;/q;;+2. The first-order valence-corrected chi connectivity index (χ1v) is 19.4. The Bertz CT molecular complexity index is 1920. The summed E-state index contributed by atoms with van der Waals surface area (Å²) in [4.78, 5) is 27.9. The first kappa shape index (κ1) is 44.1. The number of aliphatic imine (C=N–C) groups is 4. The molecule has 0 saturated carbocycles. The van der Waals surface area contributed by atoms with Crippen LogP contribution in [0.2, 0.25) is 0 Å². The van der Waals surface area contributed by atoms with Crippen LogP contribution in [0.25, 0.3) is 0 Å². The summed E-state index contributed by atoms with van der Waals surface area (Å²) in [5.41, 5.74) is 13.2. The molecule has 4 atom stereocenters. The molecule has 0 aliphatic heterocycles. The zero-order valence-electron chi connectivity index (χ0n) is 34.4. The molecule has 4 aromatic carbocycles. The van der Waals surface area contributed by atoms with Crippen LogP contribution in [0.15, 0.2) is 153 Å². The van der Waals surface area contributed by atoms with Crippen LogP contribution in [-0.2, 0) is 17.1 Å². The van der Waals surface area contributed by atoms with Crippen molar-refractivity contribution in [2.75, 3.05) is 0 Å². The van der Waals surface area contributed by atoms with Crippen molar-refractivity contribution in [3.8, 4) is 0 Å². The number of hydrogen-bond acceptors (Lipinski definition) is 6. The van der Waals surface area contributed by atoms with Gasteiger partial charge in [0.2, 0.25) is 0 Å². The molecule has 0 amide bonds. The Balaban J connectivity index is 0.000000248. The molecule has 0 aliphatic rings. The summed E-state index contributed by atoms with van der Waals surface area (Å²) >= 11 is 0. The van der Waals surface area contributed by atoms with E-state index >= 15 is 0 Å². The molecule has 7 heteroatoms. The van der Waals surface area contributed by atoms with Gasteiger partial charge in [0.05, 0.1) is 46.9 Å². The molecule has 2 heterocycles. The van der Waals surface area contributed by atoms with Crippen LogP contribution in [0.1, 0.15) is 119 Å². The third-order valence-corrected chi connectivity index (χ3v) is 9.55. The minimum absolute atomic E-state index is 0. The van der Waals surface area contributed by atoms with Gasteiger partial charge < -0.3 is 0 Å². The third kappa shape index (κ3) is 14.4. The van der Waals surface area contributed by atoms with Crippen LogP contribution in [-0.4, -0.2) is 34.8 Å². The number of rotatable bonds is 12. The summed E-state index contributed by atoms with van der Waals surface area (Å²) in [6.45, 7) is 16.7. The maximum absolute atomic E-state index is 4.65. The minimum Gasteiger partial charge on any atom is -0.283 e. The van der Waals surface area contributed by atoms with Crippen molar-refractivity contribution in [1.82, 2.24) is 9.97 Å². The summed E-state index contributed by atoms with van der Waals surface area (Å²) in [6.07, 6.45) is 7.35. The molecule has 0 saturated heterocycles. The largest absolute Gasteiger partial charge is 2.00 e. The monoisotopic (exact) mass is 794 g/mol. The quantitative estimate of drug-likeness (QED) is 0.0914. The average molecular weight is 795 g/mol. The van der Waals surface area contributed by atoms with Gasteiger partial charge in [-0.2, -0.15) is 0 Å². The summed E-state index contributed by atoms with van der Waals surface area (Å²) in [5, 5.41) is 0. The van der Waals surface area contributed by atoms with Crippen molar-refractivity contribution < 1.29 is 17.1 Å². The second-order valence-corrected chi connectivity index (χ2v) is 14.4. The van der Waals surface area contributed by atoms with E-state index in [-0.39, 0.29) is 41.2 Å². The van der Waals surface area contributed by atoms with Gasteiger partial charge in [0, 0.05) is 24.9 Å². The van der Waals surface area contributed by atoms with Crippen LogP contribution in [0.4, 0.5) is 0 Å². The summed E-state index contributed by atoms with van der Waals surface area (Å²) in [6, 6.07) is 46.2. The number of benzene rings is 4. The minimum atomic E-state index is 0. The van der Waals surface area contributed by atoms with Crippen molar-refractivity contribution in [2.24, 2.45) is 20.0 Å². The Hall–Kier alpha value is -5.62. The van der Waals surface area contributed by atoms with E-state index in [2.05, 4.69) is 182 Å². The first-order valence-electron chi connectivity index (χ1n) is 19.4. The van der Waals surface area contributed by atoms with Gasteiger partial charge >= 0.3 is 17.1 Å². The number of pyridine rings is 2. The molecule has 0 aliphatic carbocycles. The first-order chi connectivity index (χ1) is 27.0. The van der Waals surface area contributed by atoms with Crippen molar-refractivity contribution in [3.63, 3.8) is 0 Å². The molecule has 57 heavy (non-hydrogen) atoms. The Morgan fingerprint density at radius 3 is 0.719 bits per heavy atom. The number of aryl methyl sites for hydroxylation is 4. The Morgan fingerprint density at radius 1 is 0.333 bits per heavy atom. The molecule has 0 bridgehead atoms. The number of hydrogen-bond donors (Lipinski definition) is 0. The van der Waals surface area contributed by atoms with Gasteiger partial charge in [-0.3, -0.25) is 20.0 Å². The van der Waals surface area contributed by atoms with Crippen LogP contribution in [0, 0.1) is 27.7 Å². The molecule has 2 aromatic heterocycles. The summed E-state index contributed by atoms with van der Waals surface area (Å²) < 4.78 is 0. The molecule has 0 radical (unpaired) electrons. The van der Waals surface area contributed by atoms with E-state index in [1.54, 1.807) is 0 Å². The zero-order chi connectivity index (χ0) is 39.9. The van der Waals surface area contributed by atoms with E-state index in [1.165, 1.54) is 44.5 Å². The fraction of sp³-hybridized carbons (Fsp3) is 0.240. The van der Waals surface area contributed by atoms with Crippen molar-refractivity contribution >= 4 is 24.9 Å². The molecular formula is C50H54FeN6+2. The van der Waals surface area contributed by atoms with E-state index < -0.39 is 0 Å². The maximum atomic E-state index is 4.65. The number of nitrogens with zero attached hydrogens (tertiary/aromatic N) is 6. The molecule has 6 aromatic rings. The molecule has 0 N–H and O–H groups in total. The van der Waals surface area contributed by atoms with E-state index in [4.69, 9.17) is 0 Å². The molecule has 4 unspecified atom stereocenters. The Morgan fingerprint density at radius 2 is 0.526 bits per heavy atom. The topological polar surface area (TPSA) is 75.2 Å². The molecular weight excluding hydrogens is 740 g/mol. The van der Waals surface area contributed by atoms with Crippen molar-refractivity contribution in [3.05, 3.63) is 201 Å². The van der Waals surface area contributed by atoms with Crippen molar-refractivity contribution in [2.45, 2.75) is 79.6 Å². The molecule has 6 rings (SSSR count). The van der Waals surface area contributed by atoms with Crippen LogP contribution < -0.4 is 0 Å². The van der Waals surface area contributed by atoms with Gasteiger partial charge in [-0.15, -0.1) is 0 Å². The van der Waals surface area contributed by atoms with E-state index in [0.29, 0.717) is 0 Å². The summed E-state index contributed by atoms with van der Waals surface area (Å²) in [5.74, 6) is 0. The molecule has 0 spiro atoms. The van der Waals surface area contributed by atoms with Gasteiger partial charge in [0.1, 0.15) is 0 Å². The fourth-order valence-electron chi connectivity index (χ4n) is 5.70. The SMILES string of the molecule is Cc1ccc(C(C)N=Cc2cccc(C=NC(C)c3ccc(C)cc3)n2)cc1.Cc1ccc(C(C)N=Cc2cccc(C=NC(C)c3ccc(C)cc3)n2)cc1.[Fe+2]. The molecule has 0 fully saturated rings. The van der Waals surface area contributed by atoms with Crippen molar-refractivity contribution in [1.29, 1.82) is 0 Å². The van der Waals surface area contributed by atoms with E-state index in [0.717, 1.165) is 22.8 Å². The molecule has 6 nitrogen and oxygen atoms in total. The van der Waals surface area contributed by atoms with Gasteiger partial charge in [-0.25, -0.2) is 9.97 Å². The van der Waals surface area contributed by atoms with Crippen LogP contribution >= 0.6 is 0 Å². The van der Waals surface area contributed by atoms with Gasteiger partial charge in [-0.05, 0) is 102 Å². The van der Waals surface area contributed by atoms with E-state index in [9.17, 15) is 0 Å². The predicted octanol–water partition coefficient (Wildman–Crippen LogP) is 12.1. The van der Waals surface area contributed by atoms with Gasteiger partial charge in [0.25, 0.3) is 0 Å². The summed E-state index contributed by atoms with van der Waals surface area (Å²) in [7, 11) is 0. The number of aromatic nitrogens is 2. The van der Waals surface area contributed by atoms with E-state index in [1.807, 2.05) is 61.3 Å². The third-order valence-electron chi connectivity index (χ3n) is 9.55. The zero-order valence-corrected chi connectivity index (χ0v) is 35.5. The maximum Gasteiger partial charge on any atom is 2.00 e. The fourth-order valence-corrected chi connectivity index (χ4v) is 5.70.